The van der Waals surface area contributed by atoms with E-state index in [0.717, 1.165) is 27.9 Å². The number of carboxylic acid groups (broad SMARTS) is 1. The molecule has 0 fully saturated rings. The number of rotatable bonds is 3. The second kappa shape index (κ2) is 5.72. The monoisotopic (exact) mass is 305 g/mol. The number of aryl methyl sites for hydroxylation is 3. The minimum atomic E-state index is -1.24. The number of carbonyl (C=O) groups excluding carboxylic acids is 1. The molecule has 3 aromatic rings. The number of hydrogen-bond acceptors (Lipinski definition) is 3. The van der Waals surface area contributed by atoms with Crippen LogP contribution in [-0.2, 0) is 0 Å². The van der Waals surface area contributed by atoms with E-state index < -0.39 is 5.97 Å². The number of carboxylic acids is 1. The molecule has 4 nitrogen and oxygen atoms in total. The van der Waals surface area contributed by atoms with E-state index in [9.17, 15) is 9.90 Å². The Labute approximate surface area is 135 Å². The minimum absolute atomic E-state index is 0.0486. The largest absolute Gasteiger partial charge is 0.543 e. The molecule has 0 atom stereocenters. The first-order valence-electron chi connectivity index (χ1n) is 7.42. The summed E-state index contributed by atoms with van der Waals surface area (Å²) < 4.78 is 1.44. The summed E-state index contributed by atoms with van der Waals surface area (Å²) in [5.41, 5.74) is 5.51. The van der Waals surface area contributed by atoms with E-state index in [4.69, 9.17) is 0 Å². The number of benzene rings is 2. The van der Waals surface area contributed by atoms with E-state index in [1.165, 1.54) is 4.68 Å². The number of carbonyl (C=O) groups is 1. The van der Waals surface area contributed by atoms with Crippen LogP contribution in [0, 0.1) is 20.8 Å². The maximum absolute atomic E-state index is 11.5. The molecule has 116 valence electrons. The van der Waals surface area contributed by atoms with Crippen LogP contribution in [0.3, 0.4) is 0 Å². The predicted octanol–water partition coefficient (Wildman–Crippen LogP) is 2.83. The van der Waals surface area contributed by atoms with Gasteiger partial charge < -0.3 is 9.90 Å². The van der Waals surface area contributed by atoms with Gasteiger partial charge in [0.05, 0.1) is 23.0 Å². The summed E-state index contributed by atoms with van der Waals surface area (Å²) in [4.78, 5) is 11.5. The molecule has 0 amide bonds. The van der Waals surface area contributed by atoms with Gasteiger partial charge in [0, 0.05) is 5.56 Å². The lowest BCUT2D eigenvalue weighted by atomic mass is 10.1. The Bertz CT molecular complexity index is 877. The van der Waals surface area contributed by atoms with Crippen LogP contribution >= 0.6 is 0 Å². The van der Waals surface area contributed by atoms with Gasteiger partial charge in [0.25, 0.3) is 0 Å². The minimum Gasteiger partial charge on any atom is -0.543 e. The summed E-state index contributed by atoms with van der Waals surface area (Å²) >= 11 is 0. The van der Waals surface area contributed by atoms with Crippen LogP contribution in [-0.4, -0.2) is 15.7 Å². The molecule has 0 aliphatic carbocycles. The summed E-state index contributed by atoms with van der Waals surface area (Å²) in [6.07, 6.45) is 0. The van der Waals surface area contributed by atoms with E-state index in [1.807, 2.05) is 63.2 Å². The van der Waals surface area contributed by atoms with Crippen molar-refractivity contribution in [3.8, 4) is 16.9 Å². The molecule has 4 heteroatoms. The summed E-state index contributed by atoms with van der Waals surface area (Å²) in [6.45, 7) is 5.94. The number of aromatic nitrogens is 2. The topological polar surface area (TPSA) is 57.9 Å². The molecular formula is C19H17N2O2-. The lowest BCUT2D eigenvalue weighted by Gasteiger charge is -2.11. The molecule has 0 aliphatic rings. The number of hydrogen-bond donors (Lipinski definition) is 0. The van der Waals surface area contributed by atoms with Crippen molar-refractivity contribution in [2.45, 2.75) is 20.8 Å². The average molecular weight is 305 g/mol. The summed E-state index contributed by atoms with van der Waals surface area (Å²) in [5.74, 6) is -1.24. The average Bonchev–Trinajstić information content (AvgIpc) is 2.93. The first-order valence-corrected chi connectivity index (χ1v) is 7.42. The highest BCUT2D eigenvalue weighted by Crippen LogP contribution is 2.24. The van der Waals surface area contributed by atoms with Crippen molar-refractivity contribution in [1.29, 1.82) is 0 Å². The van der Waals surface area contributed by atoms with Gasteiger partial charge in [-0.15, -0.1) is 0 Å². The molecule has 1 aromatic heterocycles. The Balaban J connectivity index is 2.16. The molecule has 0 N–H and O–H groups in total. The van der Waals surface area contributed by atoms with Crippen LogP contribution in [0.15, 0.2) is 48.5 Å². The molecule has 0 aliphatic heterocycles. The molecule has 23 heavy (non-hydrogen) atoms. The van der Waals surface area contributed by atoms with Crippen molar-refractivity contribution in [2.75, 3.05) is 0 Å². The standard InChI is InChI=1S/C19H18N2O2/c1-12-4-7-15(8-5-12)16-11-18(19(22)23)21(20-16)17-9-6-13(2)10-14(17)3/h4-11H,1-3H3,(H,22,23)/p-1. The quantitative estimate of drug-likeness (QED) is 0.747. The van der Waals surface area contributed by atoms with E-state index in [1.54, 1.807) is 6.07 Å². The second-order valence-electron chi connectivity index (χ2n) is 5.77. The number of nitrogens with zero attached hydrogens (tertiary/aromatic N) is 2. The lowest BCUT2D eigenvalue weighted by molar-refractivity contribution is -0.255. The van der Waals surface area contributed by atoms with Gasteiger partial charge in [-0.05, 0) is 38.5 Å². The first kappa shape index (κ1) is 15.0. The SMILES string of the molecule is Cc1ccc(-c2cc(C(=O)[O-])n(-c3ccc(C)cc3C)n2)cc1. The van der Waals surface area contributed by atoms with Gasteiger partial charge in [0.15, 0.2) is 0 Å². The van der Waals surface area contributed by atoms with Gasteiger partial charge in [-0.25, -0.2) is 4.68 Å². The van der Waals surface area contributed by atoms with Gasteiger partial charge in [0.1, 0.15) is 0 Å². The zero-order chi connectivity index (χ0) is 16.6. The summed E-state index contributed by atoms with van der Waals surface area (Å²) in [6, 6.07) is 15.2. The Morgan fingerprint density at radius 2 is 1.61 bits per heavy atom. The van der Waals surface area contributed by atoms with Gasteiger partial charge in [-0.1, -0.05) is 47.5 Å². The van der Waals surface area contributed by atoms with Gasteiger partial charge >= 0.3 is 0 Å². The predicted molar refractivity (Wildman–Crippen MR) is 87.5 cm³/mol. The van der Waals surface area contributed by atoms with Gasteiger partial charge in [0.2, 0.25) is 0 Å². The molecule has 0 spiro atoms. The third-order valence-electron chi connectivity index (χ3n) is 3.85. The summed E-state index contributed by atoms with van der Waals surface area (Å²) in [5, 5.41) is 16.0. The Kier molecular flexibility index (Phi) is 3.74. The molecule has 1 heterocycles. The van der Waals surface area contributed by atoms with Crippen LogP contribution in [0.4, 0.5) is 0 Å². The van der Waals surface area contributed by atoms with Crippen molar-refractivity contribution in [1.82, 2.24) is 9.78 Å². The fourth-order valence-corrected chi connectivity index (χ4v) is 2.62. The fraction of sp³-hybridized carbons (Fsp3) is 0.158. The Hall–Kier alpha value is -2.88. The fourth-order valence-electron chi connectivity index (χ4n) is 2.62. The molecule has 0 radical (unpaired) electrons. The molecule has 0 unspecified atom stereocenters. The molecular weight excluding hydrogens is 288 g/mol. The van der Waals surface area contributed by atoms with E-state index >= 15 is 0 Å². The van der Waals surface area contributed by atoms with Crippen LogP contribution in [0.1, 0.15) is 27.2 Å². The molecule has 0 saturated carbocycles. The van der Waals surface area contributed by atoms with Crippen molar-refractivity contribution in [3.63, 3.8) is 0 Å². The normalized spacial score (nSPS) is 10.7. The van der Waals surface area contributed by atoms with E-state index in [0.29, 0.717) is 5.69 Å². The molecule has 3 rings (SSSR count). The van der Waals surface area contributed by atoms with Crippen LogP contribution in [0.2, 0.25) is 0 Å². The maximum Gasteiger partial charge on any atom is 0.0934 e. The zero-order valence-corrected chi connectivity index (χ0v) is 13.3. The van der Waals surface area contributed by atoms with E-state index in [2.05, 4.69) is 5.10 Å². The molecule has 2 aromatic carbocycles. The van der Waals surface area contributed by atoms with Crippen molar-refractivity contribution in [3.05, 3.63) is 70.9 Å². The summed E-state index contributed by atoms with van der Waals surface area (Å²) in [7, 11) is 0. The molecule has 0 bridgehead atoms. The zero-order valence-electron chi connectivity index (χ0n) is 13.3. The van der Waals surface area contributed by atoms with E-state index in [-0.39, 0.29) is 5.69 Å². The van der Waals surface area contributed by atoms with Gasteiger partial charge in [-0.3, -0.25) is 0 Å². The third-order valence-corrected chi connectivity index (χ3v) is 3.85. The first-order chi connectivity index (χ1) is 11.0. The smallest absolute Gasteiger partial charge is 0.0934 e. The van der Waals surface area contributed by atoms with Crippen molar-refractivity contribution >= 4 is 5.97 Å². The Morgan fingerprint density at radius 3 is 2.22 bits per heavy atom. The van der Waals surface area contributed by atoms with Crippen LogP contribution in [0.25, 0.3) is 16.9 Å². The van der Waals surface area contributed by atoms with Crippen molar-refractivity contribution in [2.24, 2.45) is 0 Å². The van der Waals surface area contributed by atoms with Crippen molar-refractivity contribution < 1.29 is 9.90 Å². The highest BCUT2D eigenvalue weighted by molar-refractivity contribution is 5.86. The lowest BCUT2D eigenvalue weighted by Crippen LogP contribution is -2.25. The third kappa shape index (κ3) is 2.88. The highest BCUT2D eigenvalue weighted by atomic mass is 16.4. The van der Waals surface area contributed by atoms with Gasteiger partial charge in [-0.2, -0.15) is 5.10 Å². The molecule has 0 saturated heterocycles. The number of aromatic carboxylic acids is 1. The van der Waals surface area contributed by atoms with Crippen LogP contribution < -0.4 is 5.11 Å². The van der Waals surface area contributed by atoms with Crippen LogP contribution in [0.5, 0.6) is 0 Å². The Morgan fingerprint density at radius 1 is 0.957 bits per heavy atom. The highest BCUT2D eigenvalue weighted by Gasteiger charge is 2.13. The maximum atomic E-state index is 11.5. The second-order valence-corrected chi connectivity index (χ2v) is 5.77.